The molecule has 0 aliphatic heterocycles. The number of nitrogens with one attached hydrogen (secondary N) is 2. The molecule has 0 spiro atoms. The van der Waals surface area contributed by atoms with E-state index in [9.17, 15) is 9.90 Å². The van der Waals surface area contributed by atoms with Crippen LogP contribution in [0.2, 0.25) is 0 Å². The smallest absolute Gasteiger partial charge is 0.248 e. The number of fused-ring (bicyclic) bond motifs is 2. The first-order valence-electron chi connectivity index (χ1n) is 11.4. The number of pyridine rings is 1. The number of benzene rings is 2. The van der Waals surface area contributed by atoms with Gasteiger partial charge in [0.05, 0.1) is 11.6 Å². The number of aromatic nitrogens is 1. The Bertz CT molecular complexity index is 1100. The molecule has 1 unspecified atom stereocenters. The summed E-state index contributed by atoms with van der Waals surface area (Å²) in [6, 6.07) is 12.0. The minimum absolute atomic E-state index is 0.0735. The maximum absolute atomic E-state index is 11.7. The predicted molar refractivity (Wildman–Crippen MR) is 125 cm³/mol. The summed E-state index contributed by atoms with van der Waals surface area (Å²) in [5, 5.41) is 14.7. The molecule has 31 heavy (non-hydrogen) atoms. The molecular formula is C26H32N2O3. The molecule has 0 amide bonds. The highest BCUT2D eigenvalue weighted by Crippen LogP contribution is 2.31. The van der Waals surface area contributed by atoms with Crippen molar-refractivity contribution in [2.24, 2.45) is 0 Å². The SMILES string of the molecule is CCOC(CNC1Cc2cc(CC)c(CC)cc2C1)c1ccc(O)c2[nH]c(=O)ccc12. The number of phenolic OH excluding ortho intramolecular Hbond substituents is 1. The molecule has 0 bridgehead atoms. The number of aromatic hydroxyl groups is 1. The number of hydrogen-bond donors (Lipinski definition) is 3. The summed E-state index contributed by atoms with van der Waals surface area (Å²) in [5.41, 5.74) is 7.07. The van der Waals surface area contributed by atoms with E-state index in [0.29, 0.717) is 24.7 Å². The minimum atomic E-state index is -0.229. The van der Waals surface area contributed by atoms with E-state index in [-0.39, 0.29) is 17.4 Å². The number of aryl methyl sites for hydroxylation is 2. The van der Waals surface area contributed by atoms with Gasteiger partial charge in [-0.25, -0.2) is 0 Å². The first-order valence-corrected chi connectivity index (χ1v) is 11.4. The molecule has 164 valence electrons. The Morgan fingerprint density at radius 2 is 1.74 bits per heavy atom. The lowest BCUT2D eigenvalue weighted by atomic mass is 9.97. The van der Waals surface area contributed by atoms with Gasteiger partial charge >= 0.3 is 0 Å². The lowest BCUT2D eigenvalue weighted by Crippen LogP contribution is -2.34. The van der Waals surface area contributed by atoms with Crippen LogP contribution in [0.4, 0.5) is 0 Å². The standard InChI is InChI=1S/C26H32N2O3/c1-4-16-11-18-13-20(14-19(18)12-17(16)5-2)27-15-24(31-6-3)21-7-9-23(29)26-22(21)8-10-25(30)28-26/h7-12,20,24,27,29H,4-6,13-15H2,1-3H3,(H,28,30). The van der Waals surface area contributed by atoms with Crippen molar-refractivity contribution in [3.8, 4) is 5.75 Å². The molecular weight excluding hydrogens is 388 g/mol. The summed E-state index contributed by atoms with van der Waals surface area (Å²) in [6.45, 7) is 7.71. The maximum atomic E-state index is 11.7. The Kier molecular flexibility index (Phi) is 6.44. The molecule has 0 fully saturated rings. The van der Waals surface area contributed by atoms with Crippen molar-refractivity contribution in [2.45, 2.75) is 58.6 Å². The normalized spacial score (nSPS) is 14.8. The fraction of sp³-hybridized carbons (Fsp3) is 0.423. The van der Waals surface area contributed by atoms with Crippen LogP contribution in [0, 0.1) is 0 Å². The quantitative estimate of drug-likeness (QED) is 0.511. The summed E-state index contributed by atoms with van der Waals surface area (Å²) in [4.78, 5) is 14.5. The lowest BCUT2D eigenvalue weighted by molar-refractivity contribution is 0.0613. The molecule has 5 heteroatoms. The van der Waals surface area contributed by atoms with Crippen LogP contribution >= 0.6 is 0 Å². The largest absolute Gasteiger partial charge is 0.506 e. The third kappa shape index (κ3) is 4.39. The highest BCUT2D eigenvalue weighted by molar-refractivity contribution is 5.87. The first-order chi connectivity index (χ1) is 15.0. The molecule has 1 aliphatic rings. The Labute approximate surface area is 183 Å². The number of hydrogen-bond acceptors (Lipinski definition) is 4. The van der Waals surface area contributed by atoms with E-state index in [1.165, 1.54) is 28.3 Å². The van der Waals surface area contributed by atoms with Gasteiger partial charge < -0.3 is 20.1 Å². The molecule has 1 aromatic heterocycles. The van der Waals surface area contributed by atoms with E-state index in [2.05, 4.69) is 36.3 Å². The van der Waals surface area contributed by atoms with Gasteiger partial charge in [0.2, 0.25) is 5.56 Å². The molecule has 3 aromatic rings. The molecule has 0 radical (unpaired) electrons. The van der Waals surface area contributed by atoms with Crippen LogP contribution in [0.15, 0.2) is 41.2 Å². The number of ether oxygens (including phenoxy) is 1. The summed E-state index contributed by atoms with van der Waals surface area (Å²) < 4.78 is 6.08. The number of H-pyrrole nitrogens is 1. The van der Waals surface area contributed by atoms with Crippen LogP contribution in [0.25, 0.3) is 10.9 Å². The average molecular weight is 421 g/mol. The van der Waals surface area contributed by atoms with Gasteiger partial charge in [-0.2, -0.15) is 0 Å². The molecule has 5 nitrogen and oxygen atoms in total. The molecule has 1 atom stereocenters. The van der Waals surface area contributed by atoms with Crippen LogP contribution in [0.1, 0.15) is 54.7 Å². The van der Waals surface area contributed by atoms with E-state index in [4.69, 9.17) is 4.74 Å². The monoisotopic (exact) mass is 420 g/mol. The van der Waals surface area contributed by atoms with Crippen molar-refractivity contribution in [3.63, 3.8) is 0 Å². The maximum Gasteiger partial charge on any atom is 0.248 e. The second-order valence-electron chi connectivity index (χ2n) is 8.34. The van der Waals surface area contributed by atoms with Crippen LogP contribution in [0.5, 0.6) is 5.75 Å². The van der Waals surface area contributed by atoms with Gasteiger partial charge in [0.1, 0.15) is 5.75 Å². The highest BCUT2D eigenvalue weighted by atomic mass is 16.5. The minimum Gasteiger partial charge on any atom is -0.506 e. The van der Waals surface area contributed by atoms with Crippen LogP contribution in [-0.2, 0) is 30.4 Å². The van der Waals surface area contributed by atoms with Gasteiger partial charge in [0.15, 0.2) is 0 Å². The molecule has 4 rings (SSSR count). The lowest BCUT2D eigenvalue weighted by Gasteiger charge is -2.22. The number of aromatic amines is 1. The van der Waals surface area contributed by atoms with Crippen molar-refractivity contribution >= 4 is 10.9 Å². The summed E-state index contributed by atoms with van der Waals surface area (Å²) in [5.74, 6) is 0.0735. The van der Waals surface area contributed by atoms with Crippen molar-refractivity contribution < 1.29 is 9.84 Å². The highest BCUT2D eigenvalue weighted by Gasteiger charge is 2.24. The zero-order valence-corrected chi connectivity index (χ0v) is 18.6. The van der Waals surface area contributed by atoms with Crippen molar-refractivity contribution in [2.75, 3.05) is 13.2 Å². The van der Waals surface area contributed by atoms with Crippen molar-refractivity contribution in [1.82, 2.24) is 10.3 Å². The van der Waals surface area contributed by atoms with Crippen molar-refractivity contribution in [3.05, 3.63) is 74.6 Å². The fourth-order valence-electron chi connectivity index (χ4n) is 4.85. The Morgan fingerprint density at radius 1 is 1.06 bits per heavy atom. The Morgan fingerprint density at radius 3 is 2.35 bits per heavy atom. The van der Waals surface area contributed by atoms with Crippen LogP contribution in [0.3, 0.4) is 0 Å². The molecule has 1 heterocycles. The van der Waals surface area contributed by atoms with E-state index in [1.54, 1.807) is 12.1 Å². The van der Waals surface area contributed by atoms with Crippen LogP contribution in [-0.4, -0.2) is 29.3 Å². The third-order valence-corrected chi connectivity index (χ3v) is 6.43. The van der Waals surface area contributed by atoms with E-state index in [0.717, 1.165) is 36.6 Å². The van der Waals surface area contributed by atoms with E-state index >= 15 is 0 Å². The summed E-state index contributed by atoms with van der Waals surface area (Å²) in [7, 11) is 0. The summed E-state index contributed by atoms with van der Waals surface area (Å²) >= 11 is 0. The van der Waals surface area contributed by atoms with Gasteiger partial charge in [0, 0.05) is 30.6 Å². The van der Waals surface area contributed by atoms with Gasteiger partial charge in [-0.3, -0.25) is 4.79 Å². The second kappa shape index (κ2) is 9.25. The zero-order valence-electron chi connectivity index (χ0n) is 18.6. The third-order valence-electron chi connectivity index (χ3n) is 6.43. The average Bonchev–Trinajstić information content (AvgIpc) is 3.18. The van der Waals surface area contributed by atoms with Crippen molar-refractivity contribution in [1.29, 1.82) is 0 Å². The molecule has 0 saturated heterocycles. The zero-order chi connectivity index (χ0) is 22.0. The van der Waals surface area contributed by atoms with E-state index in [1.807, 2.05) is 13.0 Å². The summed E-state index contributed by atoms with van der Waals surface area (Å²) in [6.07, 6.45) is 4.07. The Balaban J connectivity index is 1.53. The molecule has 3 N–H and O–H groups in total. The van der Waals surface area contributed by atoms with Gasteiger partial charge in [0.25, 0.3) is 0 Å². The Hall–Kier alpha value is -2.63. The van der Waals surface area contributed by atoms with Gasteiger partial charge in [-0.1, -0.05) is 32.0 Å². The molecule has 2 aromatic carbocycles. The predicted octanol–water partition coefficient (Wildman–Crippen LogP) is 4.19. The topological polar surface area (TPSA) is 74.3 Å². The fourth-order valence-corrected chi connectivity index (χ4v) is 4.85. The second-order valence-corrected chi connectivity index (χ2v) is 8.34. The number of phenols is 1. The van der Waals surface area contributed by atoms with Gasteiger partial charge in [-0.05, 0) is 72.6 Å². The molecule has 1 aliphatic carbocycles. The van der Waals surface area contributed by atoms with Crippen LogP contribution < -0.4 is 10.9 Å². The van der Waals surface area contributed by atoms with Gasteiger partial charge in [-0.15, -0.1) is 0 Å². The number of rotatable bonds is 8. The molecule has 0 saturated carbocycles. The van der Waals surface area contributed by atoms with E-state index < -0.39 is 0 Å². The first kappa shape index (κ1) is 21.6.